The summed E-state index contributed by atoms with van der Waals surface area (Å²) in [6.07, 6.45) is 5.60. The van der Waals surface area contributed by atoms with Crippen LogP contribution in [0.25, 0.3) is 0 Å². The van der Waals surface area contributed by atoms with Gasteiger partial charge in [0.05, 0.1) is 6.10 Å². The summed E-state index contributed by atoms with van der Waals surface area (Å²) in [5.74, 6) is 0. The molecule has 1 unspecified atom stereocenters. The van der Waals surface area contributed by atoms with Crippen molar-refractivity contribution in [1.82, 2.24) is 9.88 Å². The van der Waals surface area contributed by atoms with Crippen LogP contribution in [0.4, 0.5) is 10.5 Å². The largest absolute Gasteiger partial charge is 0.376 e. The molecule has 1 aliphatic heterocycles. The molecular formula is C18H20ClN3O2. The smallest absolute Gasteiger partial charge is 0.322 e. The van der Waals surface area contributed by atoms with Crippen LogP contribution in [0.1, 0.15) is 18.4 Å². The fourth-order valence-corrected chi connectivity index (χ4v) is 2.82. The average Bonchev–Trinajstić information content (AvgIpc) is 3.10. The third-order valence-electron chi connectivity index (χ3n) is 3.95. The molecule has 24 heavy (non-hydrogen) atoms. The van der Waals surface area contributed by atoms with E-state index in [0.717, 1.165) is 30.7 Å². The molecule has 126 valence electrons. The first-order valence-corrected chi connectivity index (χ1v) is 8.40. The Labute approximate surface area is 146 Å². The number of amides is 2. The molecule has 2 aromatic rings. The Hall–Kier alpha value is -2.11. The predicted molar refractivity (Wildman–Crippen MR) is 94.1 cm³/mol. The van der Waals surface area contributed by atoms with Crippen LogP contribution < -0.4 is 5.32 Å². The van der Waals surface area contributed by atoms with Gasteiger partial charge in [0.2, 0.25) is 0 Å². The van der Waals surface area contributed by atoms with E-state index in [9.17, 15) is 4.79 Å². The summed E-state index contributed by atoms with van der Waals surface area (Å²) in [5.41, 5.74) is 1.76. The minimum Gasteiger partial charge on any atom is -0.376 e. The Morgan fingerprint density at radius 1 is 1.25 bits per heavy atom. The molecule has 0 saturated carbocycles. The number of anilines is 1. The second kappa shape index (κ2) is 8.13. The highest BCUT2D eigenvalue weighted by molar-refractivity contribution is 6.30. The second-order valence-corrected chi connectivity index (χ2v) is 6.24. The van der Waals surface area contributed by atoms with Crippen LogP contribution in [0.3, 0.4) is 0 Å². The fraction of sp³-hybridized carbons (Fsp3) is 0.333. The molecule has 0 radical (unpaired) electrons. The van der Waals surface area contributed by atoms with Crippen LogP contribution in [0.5, 0.6) is 0 Å². The van der Waals surface area contributed by atoms with Crippen molar-refractivity contribution in [3.05, 3.63) is 59.4 Å². The topological polar surface area (TPSA) is 54.5 Å². The van der Waals surface area contributed by atoms with E-state index in [0.29, 0.717) is 18.1 Å². The van der Waals surface area contributed by atoms with Gasteiger partial charge in [-0.05, 0) is 54.8 Å². The SMILES string of the molecule is O=C(Nc1ccc(Cl)cc1)N(Cc1ccncc1)CC1CCCO1. The third-order valence-corrected chi connectivity index (χ3v) is 4.21. The van der Waals surface area contributed by atoms with Crippen molar-refractivity contribution in [3.8, 4) is 0 Å². The Balaban J connectivity index is 1.69. The van der Waals surface area contributed by atoms with Gasteiger partial charge in [0.15, 0.2) is 0 Å². The maximum Gasteiger partial charge on any atom is 0.322 e. The highest BCUT2D eigenvalue weighted by Crippen LogP contribution is 2.17. The van der Waals surface area contributed by atoms with E-state index in [1.807, 2.05) is 12.1 Å². The van der Waals surface area contributed by atoms with E-state index in [2.05, 4.69) is 10.3 Å². The Bertz CT molecular complexity index is 658. The number of nitrogens with zero attached hydrogens (tertiary/aromatic N) is 2. The number of halogens is 1. The molecule has 2 heterocycles. The molecule has 0 bridgehead atoms. The third kappa shape index (κ3) is 4.69. The first kappa shape index (κ1) is 16.7. The molecule has 1 saturated heterocycles. The lowest BCUT2D eigenvalue weighted by molar-refractivity contribution is 0.0819. The van der Waals surface area contributed by atoms with Crippen LogP contribution in [0.2, 0.25) is 5.02 Å². The van der Waals surface area contributed by atoms with E-state index in [4.69, 9.17) is 16.3 Å². The maximum absolute atomic E-state index is 12.7. The molecule has 1 N–H and O–H groups in total. The molecular weight excluding hydrogens is 326 g/mol. The molecule has 2 amide bonds. The van der Waals surface area contributed by atoms with Crippen molar-refractivity contribution in [2.45, 2.75) is 25.5 Å². The van der Waals surface area contributed by atoms with E-state index in [1.54, 1.807) is 41.6 Å². The van der Waals surface area contributed by atoms with E-state index >= 15 is 0 Å². The van der Waals surface area contributed by atoms with Crippen LogP contribution in [0, 0.1) is 0 Å². The van der Waals surface area contributed by atoms with Crippen molar-refractivity contribution >= 4 is 23.3 Å². The lowest BCUT2D eigenvalue weighted by Crippen LogP contribution is -2.39. The van der Waals surface area contributed by atoms with Crippen molar-refractivity contribution < 1.29 is 9.53 Å². The molecule has 0 spiro atoms. The summed E-state index contributed by atoms with van der Waals surface area (Å²) < 4.78 is 5.69. The van der Waals surface area contributed by atoms with Crippen molar-refractivity contribution in [2.75, 3.05) is 18.5 Å². The number of nitrogens with one attached hydrogen (secondary N) is 1. The normalized spacial score (nSPS) is 16.8. The number of carbonyl (C=O) groups is 1. The highest BCUT2D eigenvalue weighted by atomic mass is 35.5. The molecule has 1 aromatic heterocycles. The minimum atomic E-state index is -0.148. The van der Waals surface area contributed by atoms with Gasteiger partial charge in [-0.3, -0.25) is 4.98 Å². The van der Waals surface area contributed by atoms with Gasteiger partial charge < -0.3 is 15.0 Å². The quantitative estimate of drug-likeness (QED) is 0.892. The minimum absolute atomic E-state index is 0.0998. The number of ether oxygens (including phenoxy) is 1. The molecule has 1 aliphatic rings. The lowest BCUT2D eigenvalue weighted by Gasteiger charge is -2.26. The zero-order valence-electron chi connectivity index (χ0n) is 13.3. The van der Waals surface area contributed by atoms with Gasteiger partial charge in [0.25, 0.3) is 0 Å². The summed E-state index contributed by atoms with van der Waals surface area (Å²) in [6.45, 7) is 1.86. The fourth-order valence-electron chi connectivity index (χ4n) is 2.70. The van der Waals surface area contributed by atoms with Gasteiger partial charge in [0, 0.05) is 42.8 Å². The zero-order chi connectivity index (χ0) is 16.8. The van der Waals surface area contributed by atoms with Crippen LogP contribution in [-0.2, 0) is 11.3 Å². The summed E-state index contributed by atoms with van der Waals surface area (Å²) in [4.78, 5) is 18.5. The first-order valence-electron chi connectivity index (χ1n) is 8.03. The van der Waals surface area contributed by atoms with E-state index in [1.165, 1.54) is 0 Å². The zero-order valence-corrected chi connectivity index (χ0v) is 14.1. The molecule has 1 atom stereocenters. The van der Waals surface area contributed by atoms with Gasteiger partial charge >= 0.3 is 6.03 Å². The van der Waals surface area contributed by atoms with Crippen LogP contribution in [-0.4, -0.2) is 35.2 Å². The molecule has 3 rings (SSSR count). The number of pyridine rings is 1. The molecule has 0 aliphatic carbocycles. The molecule has 6 heteroatoms. The maximum atomic E-state index is 12.7. The summed E-state index contributed by atoms with van der Waals surface area (Å²) in [6, 6.07) is 10.8. The summed E-state index contributed by atoms with van der Waals surface area (Å²) in [5, 5.41) is 3.56. The van der Waals surface area contributed by atoms with Crippen molar-refractivity contribution in [3.63, 3.8) is 0 Å². The second-order valence-electron chi connectivity index (χ2n) is 5.81. The van der Waals surface area contributed by atoms with Gasteiger partial charge in [0.1, 0.15) is 0 Å². The number of aromatic nitrogens is 1. The number of urea groups is 1. The number of rotatable bonds is 5. The van der Waals surface area contributed by atoms with Gasteiger partial charge in [-0.2, -0.15) is 0 Å². The van der Waals surface area contributed by atoms with Gasteiger partial charge in [-0.1, -0.05) is 11.6 Å². The molecule has 1 aromatic carbocycles. The summed E-state index contributed by atoms with van der Waals surface area (Å²) >= 11 is 5.89. The highest BCUT2D eigenvalue weighted by Gasteiger charge is 2.23. The summed E-state index contributed by atoms with van der Waals surface area (Å²) in [7, 11) is 0. The Morgan fingerprint density at radius 3 is 2.67 bits per heavy atom. The van der Waals surface area contributed by atoms with Crippen molar-refractivity contribution in [2.24, 2.45) is 0 Å². The number of hydrogen-bond acceptors (Lipinski definition) is 3. The van der Waals surface area contributed by atoms with Crippen molar-refractivity contribution in [1.29, 1.82) is 0 Å². The Morgan fingerprint density at radius 2 is 2.00 bits per heavy atom. The van der Waals surface area contributed by atoms with Crippen LogP contribution in [0.15, 0.2) is 48.8 Å². The van der Waals surface area contributed by atoms with E-state index < -0.39 is 0 Å². The standard InChI is InChI=1S/C18H20ClN3O2/c19-15-3-5-16(6-4-15)21-18(23)22(13-17-2-1-11-24-17)12-14-7-9-20-10-8-14/h3-10,17H,1-2,11-13H2,(H,21,23). The van der Waals surface area contributed by atoms with Gasteiger partial charge in [-0.25, -0.2) is 4.79 Å². The first-order chi connectivity index (χ1) is 11.7. The number of benzene rings is 1. The Kier molecular flexibility index (Phi) is 5.67. The molecule has 5 nitrogen and oxygen atoms in total. The lowest BCUT2D eigenvalue weighted by atomic mass is 10.2. The van der Waals surface area contributed by atoms with Crippen LogP contribution >= 0.6 is 11.6 Å². The number of carbonyl (C=O) groups excluding carboxylic acids is 1. The average molecular weight is 346 g/mol. The van der Waals surface area contributed by atoms with Gasteiger partial charge in [-0.15, -0.1) is 0 Å². The number of hydrogen-bond donors (Lipinski definition) is 1. The monoisotopic (exact) mass is 345 g/mol. The molecule has 1 fully saturated rings. The predicted octanol–water partition coefficient (Wildman–Crippen LogP) is 3.95. The van der Waals surface area contributed by atoms with E-state index in [-0.39, 0.29) is 12.1 Å².